The minimum atomic E-state index is -2.79. The number of carbonyl (C=O) groups excluding carboxylic acids is 1. The molecule has 3 heterocycles. The smallest absolute Gasteiger partial charge is 0.262 e. The Morgan fingerprint density at radius 3 is 2.83 bits per heavy atom. The molecule has 23 heavy (non-hydrogen) atoms. The molecule has 3 aliphatic rings. The number of alkyl halides is 2. The van der Waals surface area contributed by atoms with Crippen LogP contribution in [0.2, 0.25) is 0 Å². The predicted molar refractivity (Wildman–Crippen MR) is 76.2 cm³/mol. The van der Waals surface area contributed by atoms with Crippen LogP contribution >= 0.6 is 0 Å². The molecule has 126 valence electrons. The van der Waals surface area contributed by atoms with Crippen molar-refractivity contribution in [2.75, 3.05) is 19.6 Å². The number of halogens is 2. The molecule has 0 aromatic carbocycles. The van der Waals surface area contributed by atoms with Crippen molar-refractivity contribution in [1.29, 1.82) is 0 Å². The van der Waals surface area contributed by atoms with Crippen LogP contribution in [0.25, 0.3) is 0 Å². The number of hydrogen-bond acceptors (Lipinski definition) is 5. The van der Waals surface area contributed by atoms with Gasteiger partial charge in [0.05, 0.1) is 12.6 Å². The van der Waals surface area contributed by atoms with Crippen LogP contribution in [-0.2, 0) is 4.79 Å². The summed E-state index contributed by atoms with van der Waals surface area (Å²) in [4.78, 5) is 18.6. The van der Waals surface area contributed by atoms with Gasteiger partial charge in [-0.3, -0.25) is 10.1 Å². The van der Waals surface area contributed by atoms with E-state index in [4.69, 9.17) is 4.52 Å². The van der Waals surface area contributed by atoms with Gasteiger partial charge in [-0.2, -0.15) is 4.98 Å². The van der Waals surface area contributed by atoms with Crippen molar-refractivity contribution in [2.45, 2.75) is 55.9 Å². The van der Waals surface area contributed by atoms with Crippen molar-refractivity contribution in [1.82, 2.24) is 20.4 Å². The number of likely N-dealkylation sites (tertiary alicyclic amines) is 1. The molecule has 1 aromatic rings. The number of piperidine rings is 1. The van der Waals surface area contributed by atoms with Crippen molar-refractivity contribution in [3.05, 3.63) is 11.7 Å². The monoisotopic (exact) mass is 326 g/mol. The maximum absolute atomic E-state index is 13.3. The van der Waals surface area contributed by atoms with Crippen LogP contribution in [0, 0.1) is 0 Å². The summed E-state index contributed by atoms with van der Waals surface area (Å²) in [5.41, 5.74) is 0. The first-order valence-electron chi connectivity index (χ1n) is 8.25. The first-order chi connectivity index (χ1) is 11.0. The highest BCUT2D eigenvalue weighted by atomic mass is 19.3. The number of hydrogen-bond donors (Lipinski definition) is 1. The fourth-order valence-corrected chi connectivity index (χ4v) is 3.41. The molecule has 8 heteroatoms. The predicted octanol–water partition coefficient (Wildman–Crippen LogP) is 1.65. The SMILES string of the molecule is O=C(C1CC(F)(F)CN1)N1CCCC(c2noc(C3CC3)n2)C1. The molecule has 1 aliphatic carbocycles. The molecule has 3 fully saturated rings. The standard InChI is InChI=1S/C15H20F2N4O2/c16-15(17)6-11(18-8-15)14(22)21-5-1-2-10(7-21)12-19-13(23-20-12)9-3-4-9/h9-11,18H,1-8H2. The normalized spacial score (nSPS) is 30.6. The number of carbonyl (C=O) groups is 1. The van der Waals surface area contributed by atoms with Gasteiger partial charge < -0.3 is 9.42 Å². The summed E-state index contributed by atoms with van der Waals surface area (Å²) < 4.78 is 31.9. The van der Waals surface area contributed by atoms with Crippen molar-refractivity contribution in [2.24, 2.45) is 0 Å². The third-order valence-corrected chi connectivity index (χ3v) is 4.89. The fourth-order valence-electron chi connectivity index (χ4n) is 3.41. The van der Waals surface area contributed by atoms with Crippen LogP contribution in [0.5, 0.6) is 0 Å². The Hall–Kier alpha value is -1.57. The molecule has 6 nitrogen and oxygen atoms in total. The second kappa shape index (κ2) is 5.51. The molecular weight excluding hydrogens is 306 g/mol. The third kappa shape index (κ3) is 3.08. The molecular formula is C15H20F2N4O2. The molecule has 1 amide bonds. The van der Waals surface area contributed by atoms with Crippen molar-refractivity contribution in [3.63, 3.8) is 0 Å². The van der Waals surface area contributed by atoms with Crippen LogP contribution in [0.3, 0.4) is 0 Å². The summed E-state index contributed by atoms with van der Waals surface area (Å²) in [5, 5.41) is 6.69. The van der Waals surface area contributed by atoms with Crippen molar-refractivity contribution >= 4 is 5.91 Å². The number of rotatable bonds is 3. The Kier molecular flexibility index (Phi) is 3.59. The van der Waals surface area contributed by atoms with Crippen LogP contribution < -0.4 is 5.32 Å². The lowest BCUT2D eigenvalue weighted by Crippen LogP contribution is -2.47. The van der Waals surface area contributed by atoms with Crippen LogP contribution in [0.15, 0.2) is 4.52 Å². The Labute approximate surface area is 132 Å². The Morgan fingerprint density at radius 1 is 1.30 bits per heavy atom. The van der Waals surface area contributed by atoms with Crippen molar-refractivity contribution < 1.29 is 18.1 Å². The third-order valence-electron chi connectivity index (χ3n) is 4.89. The molecule has 0 spiro atoms. The number of aromatic nitrogens is 2. The lowest BCUT2D eigenvalue weighted by molar-refractivity contribution is -0.135. The largest absolute Gasteiger partial charge is 0.341 e. The van der Waals surface area contributed by atoms with E-state index in [-0.39, 0.29) is 11.8 Å². The van der Waals surface area contributed by atoms with Crippen LogP contribution in [-0.4, -0.2) is 52.5 Å². The minimum absolute atomic E-state index is 0.0332. The highest BCUT2D eigenvalue weighted by molar-refractivity contribution is 5.82. The van der Waals surface area contributed by atoms with Gasteiger partial charge in [-0.15, -0.1) is 0 Å². The summed E-state index contributed by atoms with van der Waals surface area (Å²) in [6, 6.07) is -0.781. The van der Waals surface area contributed by atoms with E-state index in [1.807, 2.05) is 0 Å². The van der Waals surface area contributed by atoms with Crippen molar-refractivity contribution in [3.8, 4) is 0 Å². The Balaban J connectivity index is 1.41. The second-order valence-corrected chi connectivity index (χ2v) is 6.88. The molecule has 0 bridgehead atoms. The molecule has 0 radical (unpaired) electrons. The van der Waals surface area contributed by atoms with Crippen LogP contribution in [0.4, 0.5) is 8.78 Å². The molecule has 2 unspecified atom stereocenters. The quantitative estimate of drug-likeness (QED) is 0.914. The highest BCUT2D eigenvalue weighted by Gasteiger charge is 2.44. The average Bonchev–Trinajstić information content (AvgIpc) is 3.16. The zero-order valence-corrected chi connectivity index (χ0v) is 12.8. The van der Waals surface area contributed by atoms with Gasteiger partial charge in [-0.25, -0.2) is 8.78 Å². The highest BCUT2D eigenvalue weighted by Crippen LogP contribution is 2.39. The zero-order chi connectivity index (χ0) is 16.0. The molecule has 1 N–H and O–H groups in total. The van der Waals surface area contributed by atoms with E-state index >= 15 is 0 Å². The number of amides is 1. The van der Waals surface area contributed by atoms with E-state index in [1.54, 1.807) is 4.90 Å². The summed E-state index contributed by atoms with van der Waals surface area (Å²) in [5.74, 6) is -1.25. The van der Waals surface area contributed by atoms with E-state index < -0.39 is 24.9 Å². The molecule has 2 saturated heterocycles. The van der Waals surface area contributed by atoms with E-state index in [0.717, 1.165) is 25.7 Å². The lowest BCUT2D eigenvalue weighted by atomic mass is 9.96. The lowest BCUT2D eigenvalue weighted by Gasteiger charge is -2.33. The summed E-state index contributed by atoms with van der Waals surface area (Å²) in [6.45, 7) is 0.662. The zero-order valence-electron chi connectivity index (χ0n) is 12.8. The maximum Gasteiger partial charge on any atom is 0.262 e. The van der Waals surface area contributed by atoms with Gasteiger partial charge in [0.1, 0.15) is 0 Å². The van der Waals surface area contributed by atoms with E-state index in [1.165, 1.54) is 0 Å². The minimum Gasteiger partial charge on any atom is -0.341 e. The number of nitrogens with zero attached hydrogens (tertiary/aromatic N) is 3. The summed E-state index contributed by atoms with van der Waals surface area (Å²) in [6.07, 6.45) is 3.49. The Bertz CT molecular complexity index is 602. The van der Waals surface area contributed by atoms with E-state index in [9.17, 15) is 13.6 Å². The molecule has 2 atom stereocenters. The van der Waals surface area contributed by atoms with E-state index in [0.29, 0.717) is 30.7 Å². The van der Waals surface area contributed by atoms with E-state index in [2.05, 4.69) is 15.5 Å². The Morgan fingerprint density at radius 2 is 2.13 bits per heavy atom. The van der Waals surface area contributed by atoms with Gasteiger partial charge in [0.25, 0.3) is 5.92 Å². The van der Waals surface area contributed by atoms with Gasteiger partial charge in [-0.1, -0.05) is 5.16 Å². The van der Waals surface area contributed by atoms with Gasteiger partial charge in [0, 0.05) is 31.3 Å². The van der Waals surface area contributed by atoms with Crippen LogP contribution in [0.1, 0.15) is 55.7 Å². The number of nitrogens with one attached hydrogen (secondary N) is 1. The maximum atomic E-state index is 13.3. The summed E-state index contributed by atoms with van der Waals surface area (Å²) in [7, 11) is 0. The molecule has 1 aromatic heterocycles. The molecule has 1 saturated carbocycles. The average molecular weight is 326 g/mol. The first-order valence-corrected chi connectivity index (χ1v) is 8.25. The van der Waals surface area contributed by atoms with Gasteiger partial charge in [0.2, 0.25) is 11.8 Å². The van der Waals surface area contributed by atoms with Gasteiger partial charge >= 0.3 is 0 Å². The first kappa shape index (κ1) is 15.0. The summed E-state index contributed by atoms with van der Waals surface area (Å²) >= 11 is 0. The topological polar surface area (TPSA) is 71.3 Å². The fraction of sp³-hybridized carbons (Fsp3) is 0.800. The molecule has 4 rings (SSSR count). The molecule has 2 aliphatic heterocycles. The van der Waals surface area contributed by atoms with Gasteiger partial charge in [-0.05, 0) is 25.7 Å². The van der Waals surface area contributed by atoms with Gasteiger partial charge in [0.15, 0.2) is 5.82 Å². The second-order valence-electron chi connectivity index (χ2n) is 6.88.